The van der Waals surface area contributed by atoms with Crippen molar-refractivity contribution >= 4 is 30.4 Å². The van der Waals surface area contributed by atoms with Crippen molar-refractivity contribution in [3.63, 3.8) is 0 Å². The number of phosphoric acid groups is 1. The van der Waals surface area contributed by atoms with Crippen LogP contribution in [0.4, 0.5) is 0 Å². The minimum absolute atomic E-state index is 0.0797. The fraction of sp³-hybridized carbons (Fsp3) is 0.556. The SMILES string of the molecule is O=c1cc(I)n([C@H]2C[C@@H]3OP(=O)(O)OC[C@H]3O2)c(=O)[nH]1. The predicted molar refractivity (Wildman–Crippen MR) is 73.2 cm³/mol. The maximum atomic E-state index is 11.8. The molecule has 2 saturated heterocycles. The number of fused-ring (bicyclic) bond motifs is 1. The minimum atomic E-state index is -4.03. The molecule has 0 bridgehead atoms. The van der Waals surface area contributed by atoms with E-state index in [1.54, 1.807) is 0 Å². The van der Waals surface area contributed by atoms with Crippen LogP contribution in [-0.2, 0) is 18.3 Å². The van der Waals surface area contributed by atoms with Crippen LogP contribution in [0, 0.1) is 3.70 Å². The van der Waals surface area contributed by atoms with Gasteiger partial charge in [-0.25, -0.2) is 9.36 Å². The van der Waals surface area contributed by atoms with E-state index in [2.05, 4.69) is 9.51 Å². The summed E-state index contributed by atoms with van der Waals surface area (Å²) in [5.74, 6) is 0. The highest BCUT2D eigenvalue weighted by molar-refractivity contribution is 14.1. The minimum Gasteiger partial charge on any atom is -0.349 e. The molecular formula is C9H10IN2O7P. The molecule has 110 valence electrons. The Hall–Kier alpha value is -0.520. The van der Waals surface area contributed by atoms with Crippen LogP contribution in [0.15, 0.2) is 15.7 Å². The summed E-state index contributed by atoms with van der Waals surface area (Å²) < 4.78 is 28.2. The number of hydrogen-bond acceptors (Lipinski definition) is 6. The second-order valence-electron chi connectivity index (χ2n) is 4.40. The van der Waals surface area contributed by atoms with E-state index in [0.29, 0.717) is 3.70 Å². The molecule has 2 aliphatic rings. The van der Waals surface area contributed by atoms with Gasteiger partial charge in [0.05, 0.1) is 10.3 Å². The van der Waals surface area contributed by atoms with Crippen molar-refractivity contribution in [2.45, 2.75) is 24.9 Å². The summed E-state index contributed by atoms with van der Waals surface area (Å²) in [6, 6.07) is 1.27. The topological polar surface area (TPSA) is 120 Å². The molecule has 4 atom stereocenters. The third-order valence-electron chi connectivity index (χ3n) is 3.07. The quantitative estimate of drug-likeness (QED) is 0.374. The first-order valence-corrected chi connectivity index (χ1v) is 8.26. The number of nitrogens with zero attached hydrogens (tertiary/aromatic N) is 1. The van der Waals surface area contributed by atoms with E-state index in [9.17, 15) is 19.0 Å². The average molecular weight is 416 g/mol. The molecule has 2 N–H and O–H groups in total. The molecule has 0 saturated carbocycles. The van der Waals surface area contributed by atoms with E-state index in [4.69, 9.17) is 9.26 Å². The molecule has 9 nitrogen and oxygen atoms in total. The molecule has 0 radical (unpaired) electrons. The Bertz CT molecular complexity index is 700. The number of halogens is 1. The molecule has 11 heteroatoms. The molecule has 2 fully saturated rings. The van der Waals surface area contributed by atoms with Gasteiger partial charge in [-0.1, -0.05) is 0 Å². The Kier molecular flexibility index (Phi) is 3.63. The van der Waals surface area contributed by atoms with Gasteiger partial charge in [0, 0.05) is 12.5 Å². The predicted octanol–water partition coefficient (Wildman–Crippen LogP) is -0.0555. The molecule has 2 aliphatic heterocycles. The van der Waals surface area contributed by atoms with Crippen LogP contribution in [-0.4, -0.2) is 33.3 Å². The molecule has 20 heavy (non-hydrogen) atoms. The van der Waals surface area contributed by atoms with E-state index in [-0.39, 0.29) is 13.0 Å². The zero-order valence-corrected chi connectivity index (χ0v) is 12.9. The van der Waals surface area contributed by atoms with Crippen LogP contribution in [0.5, 0.6) is 0 Å². The van der Waals surface area contributed by atoms with E-state index < -0.39 is 37.5 Å². The zero-order chi connectivity index (χ0) is 14.5. The van der Waals surface area contributed by atoms with E-state index in [1.807, 2.05) is 22.6 Å². The van der Waals surface area contributed by atoms with Gasteiger partial charge in [-0.05, 0) is 22.6 Å². The highest BCUT2D eigenvalue weighted by Crippen LogP contribution is 2.52. The van der Waals surface area contributed by atoms with Crippen molar-refractivity contribution < 1.29 is 23.2 Å². The summed E-state index contributed by atoms with van der Waals surface area (Å²) in [7, 11) is -4.03. The van der Waals surface area contributed by atoms with Gasteiger partial charge in [0.15, 0.2) is 0 Å². The fourth-order valence-corrected chi connectivity index (χ4v) is 4.01. The van der Waals surface area contributed by atoms with Crippen molar-refractivity contribution in [3.05, 3.63) is 30.6 Å². The van der Waals surface area contributed by atoms with E-state index in [0.717, 1.165) is 0 Å². The lowest BCUT2D eigenvalue weighted by molar-refractivity contribution is -0.0685. The Morgan fingerprint density at radius 3 is 2.90 bits per heavy atom. The fourth-order valence-electron chi connectivity index (χ4n) is 2.23. The molecule has 3 rings (SSSR count). The molecule has 0 aliphatic carbocycles. The molecule has 0 spiro atoms. The lowest BCUT2D eigenvalue weighted by Gasteiger charge is -2.26. The summed E-state index contributed by atoms with van der Waals surface area (Å²) in [5.41, 5.74) is -1.09. The van der Waals surface area contributed by atoms with Crippen molar-refractivity contribution in [1.82, 2.24) is 9.55 Å². The zero-order valence-electron chi connectivity index (χ0n) is 9.89. The van der Waals surface area contributed by atoms with Gasteiger partial charge < -0.3 is 9.63 Å². The largest absolute Gasteiger partial charge is 0.472 e. The summed E-state index contributed by atoms with van der Waals surface area (Å²) in [5, 5.41) is 0. The maximum Gasteiger partial charge on any atom is 0.472 e. The number of H-pyrrole nitrogens is 1. The van der Waals surface area contributed by atoms with Crippen LogP contribution >= 0.6 is 30.4 Å². The number of hydrogen-bond donors (Lipinski definition) is 2. The molecule has 1 unspecified atom stereocenters. The van der Waals surface area contributed by atoms with Gasteiger partial charge in [0.25, 0.3) is 5.56 Å². The number of phosphoric ester groups is 1. The average Bonchev–Trinajstić information content (AvgIpc) is 2.68. The standard InChI is InChI=1S/C9H10IN2O7P/c10-6-2-7(13)11-9(14)12(6)8-1-4-5(18-8)3-17-20(15,16)19-4/h2,4-5,8H,1,3H2,(H,15,16)(H,11,13,14)/t4-,5+,8+/m0/s1. The lowest BCUT2D eigenvalue weighted by Crippen LogP contribution is -2.34. The molecule has 0 amide bonds. The molecule has 1 aromatic heterocycles. The van der Waals surface area contributed by atoms with Crippen molar-refractivity contribution in [1.29, 1.82) is 0 Å². The monoisotopic (exact) mass is 416 g/mol. The third-order valence-corrected chi connectivity index (χ3v) is 4.91. The number of ether oxygens (including phenoxy) is 1. The molecular weight excluding hydrogens is 406 g/mol. The highest BCUT2D eigenvalue weighted by Gasteiger charge is 2.46. The van der Waals surface area contributed by atoms with Crippen LogP contribution in [0.2, 0.25) is 0 Å². The van der Waals surface area contributed by atoms with E-state index >= 15 is 0 Å². The summed E-state index contributed by atoms with van der Waals surface area (Å²) in [6.07, 6.45) is -1.61. The Balaban J connectivity index is 1.90. The van der Waals surface area contributed by atoms with Crippen molar-refractivity contribution in [2.24, 2.45) is 0 Å². The summed E-state index contributed by atoms with van der Waals surface area (Å²) in [6.45, 7) is -0.0797. The maximum absolute atomic E-state index is 11.8. The van der Waals surface area contributed by atoms with Gasteiger partial charge in [-0.3, -0.25) is 23.4 Å². The number of rotatable bonds is 1. The third kappa shape index (κ3) is 2.63. The van der Waals surface area contributed by atoms with E-state index in [1.165, 1.54) is 10.6 Å². The van der Waals surface area contributed by atoms with Crippen LogP contribution in [0.25, 0.3) is 0 Å². The molecule has 1 aromatic rings. The number of aromatic nitrogens is 2. The van der Waals surface area contributed by atoms with Crippen LogP contribution < -0.4 is 11.2 Å². The van der Waals surface area contributed by atoms with Gasteiger partial charge in [-0.15, -0.1) is 0 Å². The van der Waals surface area contributed by atoms with Crippen LogP contribution in [0.3, 0.4) is 0 Å². The molecule has 0 aromatic carbocycles. The van der Waals surface area contributed by atoms with Crippen molar-refractivity contribution in [3.8, 4) is 0 Å². The highest BCUT2D eigenvalue weighted by atomic mass is 127. The number of aromatic amines is 1. The van der Waals surface area contributed by atoms with Crippen molar-refractivity contribution in [2.75, 3.05) is 6.61 Å². The van der Waals surface area contributed by atoms with Gasteiger partial charge in [0.1, 0.15) is 18.4 Å². The van der Waals surface area contributed by atoms with Gasteiger partial charge in [0.2, 0.25) is 0 Å². The normalized spacial score (nSPS) is 36.8. The van der Waals surface area contributed by atoms with Crippen LogP contribution in [0.1, 0.15) is 12.6 Å². The number of nitrogens with one attached hydrogen (secondary N) is 1. The first-order valence-electron chi connectivity index (χ1n) is 5.68. The summed E-state index contributed by atoms with van der Waals surface area (Å²) >= 11 is 1.85. The first-order chi connectivity index (χ1) is 9.35. The smallest absolute Gasteiger partial charge is 0.349 e. The first kappa shape index (κ1) is 14.4. The Morgan fingerprint density at radius 1 is 1.45 bits per heavy atom. The van der Waals surface area contributed by atoms with Gasteiger partial charge >= 0.3 is 13.5 Å². The second kappa shape index (κ2) is 5.04. The summed E-state index contributed by atoms with van der Waals surface area (Å²) in [4.78, 5) is 34.4. The lowest BCUT2D eigenvalue weighted by atomic mass is 10.2. The second-order valence-corrected chi connectivity index (χ2v) is 6.92. The van der Waals surface area contributed by atoms with Gasteiger partial charge in [-0.2, -0.15) is 0 Å². The molecule has 3 heterocycles. The Labute approximate surface area is 125 Å². The Morgan fingerprint density at radius 2 is 2.20 bits per heavy atom.